The molecule has 8 heteroatoms. The smallest absolute Gasteiger partial charge is 0.333 e. The Morgan fingerprint density at radius 2 is 1.80 bits per heavy atom. The van der Waals surface area contributed by atoms with Crippen LogP contribution in [0, 0.1) is 6.92 Å². The highest BCUT2D eigenvalue weighted by Gasteiger charge is 2.44. The molecule has 0 saturated carbocycles. The third-order valence-corrected chi connectivity index (χ3v) is 4.39. The Kier molecular flexibility index (Phi) is 4.87. The topological polar surface area (TPSA) is 114 Å². The van der Waals surface area contributed by atoms with Crippen molar-refractivity contribution in [3.63, 3.8) is 0 Å². The molecule has 2 aromatic rings. The van der Waals surface area contributed by atoms with E-state index in [9.17, 15) is 24.9 Å². The molecule has 134 valence electrons. The lowest BCUT2D eigenvalue weighted by atomic mass is 10.1. The third-order valence-electron chi connectivity index (χ3n) is 4.39. The number of hydrogen-bond acceptors (Lipinski definition) is 6. The van der Waals surface area contributed by atoms with Gasteiger partial charge in [-0.3, -0.25) is 9.36 Å². The van der Waals surface area contributed by atoms with Gasteiger partial charge in [0.05, 0.1) is 13.2 Å². The molecule has 3 rings (SSSR count). The number of aliphatic hydroxyl groups excluding tert-OH is 3. The van der Waals surface area contributed by atoms with E-state index in [0.29, 0.717) is 5.69 Å². The summed E-state index contributed by atoms with van der Waals surface area (Å²) in [5.74, 6) is 0. The highest BCUT2D eigenvalue weighted by Crippen LogP contribution is 2.27. The van der Waals surface area contributed by atoms with Crippen molar-refractivity contribution in [2.45, 2.75) is 38.0 Å². The van der Waals surface area contributed by atoms with E-state index in [2.05, 4.69) is 0 Å². The number of rotatable bonds is 4. The molecule has 0 unspecified atom stereocenters. The van der Waals surface area contributed by atoms with Crippen LogP contribution in [0.5, 0.6) is 0 Å². The van der Waals surface area contributed by atoms with Crippen LogP contribution in [0.25, 0.3) is 0 Å². The number of aromatic nitrogens is 2. The van der Waals surface area contributed by atoms with Gasteiger partial charge in [-0.15, -0.1) is 0 Å². The molecule has 0 aliphatic carbocycles. The minimum atomic E-state index is -1.49. The van der Waals surface area contributed by atoms with Crippen molar-refractivity contribution >= 4 is 0 Å². The quantitative estimate of drug-likeness (QED) is 0.652. The fourth-order valence-electron chi connectivity index (χ4n) is 2.99. The second-order valence-electron chi connectivity index (χ2n) is 6.08. The van der Waals surface area contributed by atoms with Crippen LogP contribution < -0.4 is 11.2 Å². The fraction of sp³-hybridized carbons (Fsp3) is 0.412. The molecule has 0 bridgehead atoms. The van der Waals surface area contributed by atoms with E-state index in [1.807, 2.05) is 30.3 Å². The standard InChI is InChI=1S/C17H20N2O6/c1-10-7-13(21)19(16-15(23)14(22)12(9-20)25-16)17(24)18(10)8-11-5-3-2-4-6-11/h2-7,12,14-16,20,22-23H,8-9H2,1H3/t12-,14-,15-,16-/m1/s1. The zero-order valence-electron chi connectivity index (χ0n) is 13.6. The van der Waals surface area contributed by atoms with Gasteiger partial charge in [0.1, 0.15) is 18.3 Å². The summed E-state index contributed by atoms with van der Waals surface area (Å²) in [6.45, 7) is 1.36. The van der Waals surface area contributed by atoms with Crippen molar-refractivity contribution in [2.75, 3.05) is 6.61 Å². The zero-order valence-corrected chi connectivity index (χ0v) is 13.6. The van der Waals surface area contributed by atoms with Gasteiger partial charge >= 0.3 is 5.69 Å². The van der Waals surface area contributed by atoms with E-state index >= 15 is 0 Å². The van der Waals surface area contributed by atoms with Gasteiger partial charge in [-0.25, -0.2) is 9.36 Å². The van der Waals surface area contributed by atoms with Gasteiger partial charge in [-0.05, 0) is 12.5 Å². The second-order valence-corrected chi connectivity index (χ2v) is 6.08. The van der Waals surface area contributed by atoms with Crippen molar-refractivity contribution in [3.8, 4) is 0 Å². The summed E-state index contributed by atoms with van der Waals surface area (Å²) in [6, 6.07) is 10.5. The molecule has 0 amide bonds. The highest BCUT2D eigenvalue weighted by molar-refractivity contribution is 5.16. The van der Waals surface area contributed by atoms with Gasteiger partial charge in [0.25, 0.3) is 5.56 Å². The van der Waals surface area contributed by atoms with Gasteiger partial charge in [-0.2, -0.15) is 0 Å². The van der Waals surface area contributed by atoms with Gasteiger partial charge in [0, 0.05) is 11.8 Å². The lowest BCUT2D eigenvalue weighted by Crippen LogP contribution is -2.46. The Morgan fingerprint density at radius 1 is 1.12 bits per heavy atom. The largest absolute Gasteiger partial charge is 0.394 e. The Labute approximate surface area is 143 Å². The Hall–Kier alpha value is -2.26. The first-order valence-corrected chi connectivity index (χ1v) is 7.93. The lowest BCUT2D eigenvalue weighted by molar-refractivity contribution is -0.0570. The van der Waals surface area contributed by atoms with E-state index in [4.69, 9.17) is 4.74 Å². The molecule has 1 aromatic carbocycles. The summed E-state index contributed by atoms with van der Waals surface area (Å²) in [4.78, 5) is 25.2. The summed E-state index contributed by atoms with van der Waals surface area (Å²) in [6.07, 6.45) is -5.29. The molecule has 0 radical (unpaired) electrons. The van der Waals surface area contributed by atoms with Crippen LogP contribution in [-0.2, 0) is 11.3 Å². The molecule has 25 heavy (non-hydrogen) atoms. The molecule has 1 fully saturated rings. The van der Waals surface area contributed by atoms with Crippen molar-refractivity contribution in [1.82, 2.24) is 9.13 Å². The Bertz CT molecular complexity index is 860. The molecular weight excluding hydrogens is 328 g/mol. The first kappa shape index (κ1) is 17.6. The fourth-order valence-corrected chi connectivity index (χ4v) is 2.99. The van der Waals surface area contributed by atoms with Crippen LogP contribution in [-0.4, -0.2) is 49.4 Å². The van der Waals surface area contributed by atoms with Crippen LogP contribution in [0.15, 0.2) is 46.0 Å². The number of hydrogen-bond donors (Lipinski definition) is 3. The van der Waals surface area contributed by atoms with Crippen LogP contribution in [0.2, 0.25) is 0 Å². The maximum atomic E-state index is 12.8. The predicted octanol–water partition coefficient (Wildman–Crippen LogP) is -1.02. The Morgan fingerprint density at radius 3 is 2.40 bits per heavy atom. The van der Waals surface area contributed by atoms with E-state index in [1.54, 1.807) is 6.92 Å². The normalized spacial score (nSPS) is 26.1. The van der Waals surface area contributed by atoms with Crippen LogP contribution in [0.3, 0.4) is 0 Å². The van der Waals surface area contributed by atoms with Gasteiger partial charge in [0.15, 0.2) is 6.23 Å². The zero-order chi connectivity index (χ0) is 18.1. The third kappa shape index (κ3) is 3.16. The molecule has 4 atom stereocenters. The maximum Gasteiger partial charge on any atom is 0.333 e. The molecule has 1 aliphatic heterocycles. The van der Waals surface area contributed by atoms with Gasteiger partial charge < -0.3 is 20.1 Å². The molecule has 1 aromatic heterocycles. The van der Waals surface area contributed by atoms with Gasteiger partial charge in [0.2, 0.25) is 0 Å². The van der Waals surface area contributed by atoms with E-state index in [-0.39, 0.29) is 6.54 Å². The van der Waals surface area contributed by atoms with Crippen molar-refractivity contribution in [3.05, 3.63) is 68.5 Å². The van der Waals surface area contributed by atoms with Crippen molar-refractivity contribution in [1.29, 1.82) is 0 Å². The summed E-state index contributed by atoms with van der Waals surface area (Å²) in [5, 5.41) is 29.2. The van der Waals surface area contributed by atoms with E-state index in [0.717, 1.165) is 10.1 Å². The number of aryl methyl sites for hydroxylation is 1. The average molecular weight is 348 g/mol. The molecule has 2 heterocycles. The van der Waals surface area contributed by atoms with Crippen LogP contribution >= 0.6 is 0 Å². The van der Waals surface area contributed by atoms with E-state index in [1.165, 1.54) is 10.6 Å². The summed E-state index contributed by atoms with van der Waals surface area (Å²) >= 11 is 0. The second kappa shape index (κ2) is 6.93. The van der Waals surface area contributed by atoms with E-state index < -0.39 is 42.4 Å². The molecule has 0 spiro atoms. The first-order valence-electron chi connectivity index (χ1n) is 7.93. The van der Waals surface area contributed by atoms with Crippen molar-refractivity contribution in [2.24, 2.45) is 0 Å². The van der Waals surface area contributed by atoms with Crippen molar-refractivity contribution < 1.29 is 20.1 Å². The molecule has 1 aliphatic rings. The summed E-state index contributed by atoms with van der Waals surface area (Å²) in [5.41, 5.74) is 0.0613. The van der Waals surface area contributed by atoms with Crippen LogP contribution in [0.1, 0.15) is 17.5 Å². The number of aliphatic hydroxyl groups is 3. The minimum Gasteiger partial charge on any atom is -0.394 e. The average Bonchev–Trinajstić information content (AvgIpc) is 2.88. The number of ether oxygens (including phenoxy) is 1. The highest BCUT2D eigenvalue weighted by atomic mass is 16.6. The molecule has 3 N–H and O–H groups in total. The monoisotopic (exact) mass is 348 g/mol. The maximum absolute atomic E-state index is 12.8. The lowest BCUT2D eigenvalue weighted by Gasteiger charge is -2.19. The summed E-state index contributed by atoms with van der Waals surface area (Å²) < 4.78 is 7.50. The molecule has 8 nitrogen and oxygen atoms in total. The number of nitrogens with zero attached hydrogens (tertiary/aromatic N) is 2. The Balaban J connectivity index is 2.05. The molecular formula is C17H20N2O6. The predicted molar refractivity (Wildman–Crippen MR) is 88.3 cm³/mol. The number of benzene rings is 1. The van der Waals surface area contributed by atoms with Gasteiger partial charge in [-0.1, -0.05) is 30.3 Å². The summed E-state index contributed by atoms with van der Waals surface area (Å²) in [7, 11) is 0. The first-order chi connectivity index (χ1) is 11.9. The SMILES string of the molecule is Cc1cc(=O)n([C@@H]2O[C@H](CO)[C@@H](O)[C@H]2O)c(=O)n1Cc1ccccc1. The molecule has 1 saturated heterocycles. The minimum absolute atomic E-state index is 0.251. The van der Waals surface area contributed by atoms with Crippen LogP contribution in [0.4, 0.5) is 0 Å².